The standard InChI is InChI=1S/C11H10ClFN2O2/c1-17-9-3-2-6(13)4-7(9)11-14-8(5-16)10(12)15-11/h2-4,16H,5H2,1H3,(H,14,15). The van der Waals surface area contributed by atoms with Crippen LogP contribution in [0.15, 0.2) is 18.2 Å². The number of aromatic amines is 1. The molecule has 0 radical (unpaired) electrons. The van der Waals surface area contributed by atoms with Crippen molar-refractivity contribution in [2.75, 3.05) is 7.11 Å². The summed E-state index contributed by atoms with van der Waals surface area (Å²) in [6.45, 7) is -0.260. The van der Waals surface area contributed by atoms with E-state index in [9.17, 15) is 4.39 Å². The first-order valence-electron chi connectivity index (χ1n) is 4.85. The summed E-state index contributed by atoms with van der Waals surface area (Å²) in [6.07, 6.45) is 0. The van der Waals surface area contributed by atoms with Crippen LogP contribution >= 0.6 is 11.6 Å². The van der Waals surface area contributed by atoms with Crippen molar-refractivity contribution in [2.45, 2.75) is 6.61 Å². The van der Waals surface area contributed by atoms with E-state index in [-0.39, 0.29) is 11.8 Å². The molecule has 6 heteroatoms. The molecule has 0 aliphatic carbocycles. The summed E-state index contributed by atoms with van der Waals surface area (Å²) < 4.78 is 18.3. The van der Waals surface area contributed by atoms with Crippen LogP contribution in [0.3, 0.4) is 0 Å². The van der Waals surface area contributed by atoms with Crippen LogP contribution in [0.2, 0.25) is 5.15 Å². The van der Waals surface area contributed by atoms with Crippen molar-refractivity contribution in [2.24, 2.45) is 0 Å². The number of nitrogens with zero attached hydrogens (tertiary/aromatic N) is 1. The Labute approximate surface area is 102 Å². The lowest BCUT2D eigenvalue weighted by molar-refractivity contribution is 0.277. The van der Waals surface area contributed by atoms with Crippen molar-refractivity contribution in [3.63, 3.8) is 0 Å². The number of aromatic nitrogens is 2. The van der Waals surface area contributed by atoms with Crippen LogP contribution in [-0.4, -0.2) is 22.2 Å². The van der Waals surface area contributed by atoms with Crippen LogP contribution in [0.1, 0.15) is 5.69 Å². The number of hydrogen-bond acceptors (Lipinski definition) is 3. The van der Waals surface area contributed by atoms with Gasteiger partial charge in [-0.25, -0.2) is 9.37 Å². The van der Waals surface area contributed by atoms with Gasteiger partial charge in [0.25, 0.3) is 0 Å². The number of aliphatic hydroxyl groups excluding tert-OH is 1. The Morgan fingerprint density at radius 1 is 1.53 bits per heavy atom. The molecule has 17 heavy (non-hydrogen) atoms. The van der Waals surface area contributed by atoms with Gasteiger partial charge in [0.1, 0.15) is 17.4 Å². The van der Waals surface area contributed by atoms with Crippen LogP contribution in [-0.2, 0) is 6.61 Å². The van der Waals surface area contributed by atoms with Gasteiger partial charge in [0, 0.05) is 0 Å². The molecule has 4 nitrogen and oxygen atoms in total. The number of hydrogen-bond donors (Lipinski definition) is 2. The fourth-order valence-electron chi connectivity index (χ4n) is 1.49. The second-order valence-electron chi connectivity index (χ2n) is 3.36. The summed E-state index contributed by atoms with van der Waals surface area (Å²) in [5, 5.41) is 9.16. The molecule has 0 spiro atoms. The predicted molar refractivity (Wildman–Crippen MR) is 61.5 cm³/mol. The maximum Gasteiger partial charge on any atom is 0.153 e. The van der Waals surface area contributed by atoms with Gasteiger partial charge >= 0.3 is 0 Å². The second-order valence-corrected chi connectivity index (χ2v) is 3.72. The van der Waals surface area contributed by atoms with Crippen molar-refractivity contribution in [3.05, 3.63) is 34.9 Å². The van der Waals surface area contributed by atoms with Crippen LogP contribution in [0.5, 0.6) is 5.75 Å². The summed E-state index contributed by atoms with van der Waals surface area (Å²) in [7, 11) is 1.48. The second kappa shape index (κ2) is 4.73. The van der Waals surface area contributed by atoms with Gasteiger partial charge in [-0.3, -0.25) is 0 Å². The highest BCUT2D eigenvalue weighted by molar-refractivity contribution is 6.30. The monoisotopic (exact) mass is 256 g/mol. The number of benzene rings is 1. The lowest BCUT2D eigenvalue weighted by Crippen LogP contribution is -1.91. The Balaban J connectivity index is 2.54. The number of ether oxygens (including phenoxy) is 1. The van der Waals surface area contributed by atoms with Gasteiger partial charge in [0.2, 0.25) is 0 Å². The predicted octanol–water partition coefficient (Wildman–Crippen LogP) is 2.37. The number of aliphatic hydroxyl groups is 1. The van der Waals surface area contributed by atoms with Crippen molar-refractivity contribution in [3.8, 4) is 17.1 Å². The first-order chi connectivity index (χ1) is 8.15. The summed E-state index contributed by atoms with van der Waals surface area (Å²) in [5.41, 5.74) is 0.835. The van der Waals surface area contributed by atoms with Crippen molar-refractivity contribution >= 4 is 11.6 Å². The highest BCUT2D eigenvalue weighted by Crippen LogP contribution is 2.30. The molecule has 1 aromatic carbocycles. The Hall–Kier alpha value is -1.59. The van der Waals surface area contributed by atoms with Gasteiger partial charge in [0.15, 0.2) is 5.15 Å². The largest absolute Gasteiger partial charge is 0.496 e. The molecule has 2 rings (SSSR count). The highest BCUT2D eigenvalue weighted by atomic mass is 35.5. The third-order valence-corrected chi connectivity index (χ3v) is 2.62. The zero-order valence-electron chi connectivity index (χ0n) is 9.00. The molecule has 2 N–H and O–H groups in total. The minimum Gasteiger partial charge on any atom is -0.496 e. The van der Waals surface area contributed by atoms with Crippen LogP contribution < -0.4 is 4.74 Å². The van der Waals surface area contributed by atoms with E-state index in [2.05, 4.69) is 9.97 Å². The van der Waals surface area contributed by atoms with Gasteiger partial charge in [-0.2, -0.15) is 0 Å². The first-order valence-corrected chi connectivity index (χ1v) is 5.22. The Bertz CT molecular complexity index is 542. The zero-order chi connectivity index (χ0) is 12.4. The van der Waals surface area contributed by atoms with Gasteiger partial charge in [-0.15, -0.1) is 0 Å². The average Bonchev–Trinajstić information content (AvgIpc) is 2.70. The molecule has 0 unspecified atom stereocenters. The zero-order valence-corrected chi connectivity index (χ0v) is 9.75. The van der Waals surface area contributed by atoms with E-state index in [4.69, 9.17) is 21.4 Å². The molecule has 90 valence electrons. The Morgan fingerprint density at radius 2 is 2.29 bits per heavy atom. The molecule has 0 aliphatic heterocycles. The molecule has 0 aliphatic rings. The number of methoxy groups -OCH3 is 1. The van der Waals surface area contributed by atoms with E-state index >= 15 is 0 Å². The number of halogens is 2. The first kappa shape index (κ1) is 11.9. The van der Waals surface area contributed by atoms with Crippen molar-refractivity contribution < 1.29 is 14.2 Å². The Morgan fingerprint density at radius 3 is 2.88 bits per heavy atom. The molecular formula is C11H10ClFN2O2. The maximum atomic E-state index is 13.2. The van der Waals surface area contributed by atoms with Crippen LogP contribution in [0, 0.1) is 5.82 Å². The molecule has 1 aromatic heterocycles. The highest BCUT2D eigenvalue weighted by Gasteiger charge is 2.13. The lowest BCUT2D eigenvalue weighted by atomic mass is 10.2. The maximum absolute atomic E-state index is 13.2. The topological polar surface area (TPSA) is 58.1 Å². The Kier molecular flexibility index (Phi) is 3.31. The lowest BCUT2D eigenvalue weighted by Gasteiger charge is -2.05. The van der Waals surface area contributed by atoms with Gasteiger partial charge in [-0.1, -0.05) is 11.6 Å². The molecule has 0 atom stereocenters. The van der Waals surface area contributed by atoms with E-state index in [1.54, 1.807) is 0 Å². The van der Waals surface area contributed by atoms with Gasteiger partial charge in [0.05, 0.1) is 25.0 Å². The molecule has 0 bridgehead atoms. The van der Waals surface area contributed by atoms with Crippen molar-refractivity contribution in [1.29, 1.82) is 0 Å². The van der Waals surface area contributed by atoms with Gasteiger partial charge in [-0.05, 0) is 18.2 Å². The number of nitrogens with one attached hydrogen (secondary N) is 1. The quantitative estimate of drug-likeness (QED) is 0.886. The van der Waals surface area contributed by atoms with E-state index in [0.717, 1.165) is 0 Å². The third-order valence-electron chi connectivity index (χ3n) is 2.30. The summed E-state index contributed by atoms with van der Waals surface area (Å²) >= 11 is 5.79. The molecule has 2 aromatic rings. The van der Waals surface area contributed by atoms with E-state index in [1.165, 1.54) is 25.3 Å². The number of rotatable bonds is 3. The summed E-state index contributed by atoms with van der Waals surface area (Å²) in [6, 6.07) is 4.08. The van der Waals surface area contributed by atoms with E-state index in [1.807, 2.05) is 0 Å². The van der Waals surface area contributed by atoms with E-state index in [0.29, 0.717) is 22.8 Å². The fraction of sp³-hybridized carbons (Fsp3) is 0.182. The fourth-order valence-corrected chi connectivity index (χ4v) is 1.68. The molecule has 0 amide bonds. The number of H-pyrrole nitrogens is 1. The van der Waals surface area contributed by atoms with E-state index < -0.39 is 5.82 Å². The molecule has 0 fully saturated rings. The average molecular weight is 257 g/mol. The minimum absolute atomic E-state index is 0.161. The van der Waals surface area contributed by atoms with Crippen LogP contribution in [0.4, 0.5) is 4.39 Å². The summed E-state index contributed by atoms with van der Waals surface area (Å²) in [4.78, 5) is 6.81. The molecule has 0 saturated carbocycles. The van der Waals surface area contributed by atoms with Crippen LogP contribution in [0.25, 0.3) is 11.4 Å². The van der Waals surface area contributed by atoms with Crippen molar-refractivity contribution in [1.82, 2.24) is 9.97 Å². The molecular weight excluding hydrogens is 247 g/mol. The smallest absolute Gasteiger partial charge is 0.153 e. The summed E-state index contributed by atoms with van der Waals surface area (Å²) in [5.74, 6) is 0.426. The minimum atomic E-state index is -0.404. The molecule has 1 heterocycles. The number of imidazole rings is 1. The third kappa shape index (κ3) is 2.25. The normalized spacial score (nSPS) is 10.6. The SMILES string of the molecule is COc1ccc(F)cc1-c1nc(Cl)c(CO)[nH]1. The molecule has 0 saturated heterocycles. The van der Waals surface area contributed by atoms with Gasteiger partial charge < -0.3 is 14.8 Å².